The Balaban J connectivity index is 2.64. The lowest BCUT2D eigenvalue weighted by Crippen LogP contribution is -2.42. The Morgan fingerprint density at radius 2 is 1.82 bits per heavy atom. The lowest BCUT2D eigenvalue weighted by atomic mass is 10.0. The van der Waals surface area contributed by atoms with Crippen molar-refractivity contribution in [2.45, 2.75) is 45.0 Å². The van der Waals surface area contributed by atoms with Gasteiger partial charge >= 0.3 is 0 Å². The maximum atomic E-state index is 10.3. The van der Waals surface area contributed by atoms with Gasteiger partial charge in [0.25, 0.3) is 0 Å². The van der Waals surface area contributed by atoms with Crippen LogP contribution in [0.5, 0.6) is 0 Å². The van der Waals surface area contributed by atoms with Gasteiger partial charge in [0.2, 0.25) is 0 Å². The predicted octanol–water partition coefficient (Wildman–Crippen LogP) is 4.88. The van der Waals surface area contributed by atoms with Crippen molar-refractivity contribution in [2.24, 2.45) is 5.92 Å². The van der Waals surface area contributed by atoms with Crippen molar-refractivity contribution in [2.75, 3.05) is 6.61 Å². The van der Waals surface area contributed by atoms with Gasteiger partial charge < -0.3 is 9.53 Å². The maximum Gasteiger partial charge on any atom is 0.192 e. The van der Waals surface area contributed by atoms with E-state index in [2.05, 4.69) is 40.4 Å². The van der Waals surface area contributed by atoms with E-state index in [4.69, 9.17) is 4.43 Å². The van der Waals surface area contributed by atoms with Crippen LogP contribution in [0.25, 0.3) is 6.08 Å². The Labute approximate surface area is 136 Å². The Kier molecular flexibility index (Phi) is 6.79. The van der Waals surface area contributed by atoms with Gasteiger partial charge in [-0.15, -0.1) is 6.58 Å². The van der Waals surface area contributed by atoms with Crippen LogP contribution in [0.15, 0.2) is 49.1 Å². The summed E-state index contributed by atoms with van der Waals surface area (Å²) in [6.45, 7) is 15.4. The molecule has 1 rings (SSSR count). The number of aliphatic hydroxyl groups is 1. The van der Waals surface area contributed by atoms with E-state index >= 15 is 0 Å². The number of benzene rings is 1. The van der Waals surface area contributed by atoms with Crippen LogP contribution < -0.4 is 0 Å². The van der Waals surface area contributed by atoms with Gasteiger partial charge in [-0.3, -0.25) is 0 Å². The first kappa shape index (κ1) is 18.9. The number of rotatable bonds is 7. The molecule has 22 heavy (non-hydrogen) atoms. The second kappa shape index (κ2) is 7.91. The third-order valence-electron chi connectivity index (χ3n) is 4.47. The molecule has 0 heterocycles. The molecule has 1 N–H and O–H groups in total. The monoisotopic (exact) mass is 318 g/mol. The topological polar surface area (TPSA) is 29.5 Å². The molecule has 0 spiro atoms. The van der Waals surface area contributed by atoms with E-state index in [-0.39, 0.29) is 11.0 Å². The van der Waals surface area contributed by atoms with Crippen LogP contribution >= 0.6 is 0 Å². The van der Waals surface area contributed by atoms with E-state index in [0.717, 1.165) is 5.56 Å². The van der Waals surface area contributed by atoms with E-state index in [1.165, 1.54) is 0 Å². The predicted molar refractivity (Wildman–Crippen MR) is 98.3 cm³/mol. The Morgan fingerprint density at radius 1 is 1.23 bits per heavy atom. The molecule has 0 bridgehead atoms. The smallest absolute Gasteiger partial charge is 0.192 e. The molecule has 1 aromatic rings. The zero-order chi connectivity index (χ0) is 16.8. The number of hydrogen-bond acceptors (Lipinski definition) is 2. The van der Waals surface area contributed by atoms with Crippen molar-refractivity contribution in [3.63, 3.8) is 0 Å². The molecule has 0 unspecified atom stereocenters. The molecule has 0 aliphatic heterocycles. The minimum Gasteiger partial charge on any atom is -0.416 e. The van der Waals surface area contributed by atoms with E-state index in [1.807, 2.05) is 42.5 Å². The number of hydrogen-bond donors (Lipinski definition) is 1. The number of aliphatic hydroxyl groups excluding tert-OH is 1. The first-order valence-corrected chi connectivity index (χ1v) is 10.8. The average molecular weight is 319 g/mol. The zero-order valence-electron chi connectivity index (χ0n) is 14.5. The molecule has 2 atom stereocenters. The Bertz CT molecular complexity index is 486. The molecular weight excluding hydrogens is 288 g/mol. The first-order valence-electron chi connectivity index (χ1n) is 7.85. The molecule has 0 amide bonds. The molecule has 122 valence electrons. The van der Waals surface area contributed by atoms with Crippen LogP contribution in [-0.4, -0.2) is 26.1 Å². The summed E-state index contributed by atoms with van der Waals surface area (Å²) in [6.07, 6.45) is 4.96. The summed E-state index contributed by atoms with van der Waals surface area (Å²) in [5.41, 5.74) is 1.08. The molecule has 0 fully saturated rings. The summed E-state index contributed by atoms with van der Waals surface area (Å²) in [7, 11) is -1.80. The molecule has 0 aliphatic carbocycles. The van der Waals surface area contributed by atoms with Gasteiger partial charge in [0.1, 0.15) is 0 Å². The van der Waals surface area contributed by atoms with Crippen LogP contribution in [0.1, 0.15) is 26.3 Å². The molecule has 2 nitrogen and oxygen atoms in total. The van der Waals surface area contributed by atoms with Gasteiger partial charge in [-0.05, 0) is 23.7 Å². The molecule has 1 aromatic carbocycles. The second-order valence-electron chi connectivity index (χ2n) is 7.23. The van der Waals surface area contributed by atoms with Crippen LogP contribution in [0.4, 0.5) is 0 Å². The van der Waals surface area contributed by atoms with Crippen molar-refractivity contribution < 1.29 is 9.53 Å². The van der Waals surface area contributed by atoms with Crippen molar-refractivity contribution in [3.05, 3.63) is 54.6 Å². The highest BCUT2D eigenvalue weighted by molar-refractivity contribution is 6.74. The summed E-state index contributed by atoms with van der Waals surface area (Å²) in [5, 5.41) is 10.5. The van der Waals surface area contributed by atoms with Crippen LogP contribution in [0.3, 0.4) is 0 Å². The minimum absolute atomic E-state index is 0.0888. The summed E-state index contributed by atoms with van der Waals surface area (Å²) in [6, 6.07) is 9.97. The van der Waals surface area contributed by atoms with Gasteiger partial charge in [-0.1, -0.05) is 69.3 Å². The fourth-order valence-electron chi connectivity index (χ4n) is 1.74. The fraction of sp³-hybridized carbons (Fsp3) is 0.474. The summed E-state index contributed by atoms with van der Waals surface area (Å²) in [4.78, 5) is 0. The Hall–Kier alpha value is -1.16. The van der Waals surface area contributed by atoms with Crippen molar-refractivity contribution in [1.29, 1.82) is 0 Å². The van der Waals surface area contributed by atoms with Crippen molar-refractivity contribution in [1.82, 2.24) is 0 Å². The Morgan fingerprint density at radius 3 is 2.32 bits per heavy atom. The summed E-state index contributed by atoms with van der Waals surface area (Å²) < 4.78 is 6.19. The summed E-state index contributed by atoms with van der Waals surface area (Å²) >= 11 is 0. The maximum absolute atomic E-state index is 10.3. The van der Waals surface area contributed by atoms with E-state index in [0.29, 0.717) is 6.61 Å². The highest BCUT2D eigenvalue weighted by Crippen LogP contribution is 2.36. The van der Waals surface area contributed by atoms with Gasteiger partial charge in [0, 0.05) is 12.5 Å². The molecule has 0 aliphatic rings. The lowest BCUT2D eigenvalue weighted by Gasteiger charge is -2.37. The lowest BCUT2D eigenvalue weighted by molar-refractivity contribution is 0.131. The molecule has 0 saturated carbocycles. The highest BCUT2D eigenvalue weighted by atomic mass is 28.4. The van der Waals surface area contributed by atoms with Crippen LogP contribution in [-0.2, 0) is 4.43 Å². The van der Waals surface area contributed by atoms with Gasteiger partial charge in [-0.25, -0.2) is 0 Å². The van der Waals surface area contributed by atoms with Crippen molar-refractivity contribution >= 4 is 14.4 Å². The second-order valence-corrected chi connectivity index (χ2v) is 12.0. The molecule has 3 heteroatoms. The van der Waals surface area contributed by atoms with Crippen LogP contribution in [0, 0.1) is 5.92 Å². The quantitative estimate of drug-likeness (QED) is 0.573. The van der Waals surface area contributed by atoms with Crippen molar-refractivity contribution in [3.8, 4) is 0 Å². The standard InChI is InChI=1S/C19H30O2Si/c1-7-17(15-21-22(5,6)19(2,3)4)18(20)14-13-16-11-9-8-10-12-16/h7-14,17-18,20H,1,15H2,2-6H3/b14-13+/t17-,18-/m1/s1. The van der Waals surface area contributed by atoms with E-state index < -0.39 is 14.4 Å². The normalized spacial score (nSPS) is 15.7. The van der Waals surface area contributed by atoms with E-state index in [1.54, 1.807) is 6.08 Å². The molecular formula is C19H30O2Si. The largest absolute Gasteiger partial charge is 0.416 e. The third-order valence-corrected chi connectivity index (χ3v) is 8.97. The van der Waals surface area contributed by atoms with Gasteiger partial charge in [-0.2, -0.15) is 0 Å². The van der Waals surface area contributed by atoms with Gasteiger partial charge in [0.15, 0.2) is 8.32 Å². The van der Waals surface area contributed by atoms with Crippen LogP contribution in [0.2, 0.25) is 18.1 Å². The fourth-order valence-corrected chi connectivity index (χ4v) is 2.79. The van der Waals surface area contributed by atoms with E-state index in [9.17, 15) is 5.11 Å². The molecule has 0 radical (unpaired) electrons. The minimum atomic E-state index is -1.80. The van der Waals surface area contributed by atoms with Gasteiger partial charge in [0.05, 0.1) is 6.10 Å². The SMILES string of the molecule is C=C[C@H](CO[Si](C)(C)C(C)(C)C)[C@H](O)/C=C/c1ccccc1. The zero-order valence-corrected chi connectivity index (χ0v) is 15.5. The summed E-state index contributed by atoms with van der Waals surface area (Å²) in [5.74, 6) is -0.0888. The molecule has 0 aromatic heterocycles. The molecule has 0 saturated heterocycles. The third kappa shape index (κ3) is 5.56. The average Bonchev–Trinajstić information content (AvgIpc) is 2.45. The first-order chi connectivity index (χ1) is 10.2. The highest BCUT2D eigenvalue weighted by Gasteiger charge is 2.37.